The lowest BCUT2D eigenvalue weighted by Gasteiger charge is -2.35. The zero-order valence-corrected chi connectivity index (χ0v) is 15.6. The molecule has 1 aliphatic rings. The van der Waals surface area contributed by atoms with E-state index in [4.69, 9.17) is 9.47 Å². The third kappa shape index (κ3) is 4.97. The average Bonchev–Trinajstić information content (AvgIpc) is 2.60. The molecule has 0 saturated heterocycles. The van der Waals surface area contributed by atoms with Crippen LogP contribution in [0.1, 0.15) is 57.3 Å². The van der Waals surface area contributed by atoms with Crippen LogP contribution in [0.5, 0.6) is 11.5 Å². The van der Waals surface area contributed by atoms with E-state index >= 15 is 0 Å². The third-order valence-corrected chi connectivity index (χ3v) is 5.11. The standard InChI is InChI=1S/C20H29NO4/c1-5-24-19-11-16(12-22)9-10-18(19)25-15(4)20(23)21-17-8-6-7-13(2)14(17)3/h9-15,17H,5-8H2,1-4H3,(H,21,23)/t13-,14-,15-,17+/m0/s1. The fourth-order valence-corrected chi connectivity index (χ4v) is 3.29. The molecule has 5 nitrogen and oxygen atoms in total. The smallest absolute Gasteiger partial charge is 0.261 e. The summed E-state index contributed by atoms with van der Waals surface area (Å²) in [5, 5.41) is 3.13. The minimum Gasteiger partial charge on any atom is -0.490 e. The van der Waals surface area contributed by atoms with E-state index in [-0.39, 0.29) is 11.9 Å². The van der Waals surface area contributed by atoms with E-state index in [9.17, 15) is 9.59 Å². The Labute approximate surface area is 150 Å². The van der Waals surface area contributed by atoms with Crippen LogP contribution in [-0.2, 0) is 4.79 Å². The summed E-state index contributed by atoms with van der Waals surface area (Å²) in [7, 11) is 0. The lowest BCUT2D eigenvalue weighted by atomic mass is 9.78. The van der Waals surface area contributed by atoms with E-state index < -0.39 is 6.10 Å². The van der Waals surface area contributed by atoms with Crippen LogP contribution < -0.4 is 14.8 Å². The first-order chi connectivity index (χ1) is 12.0. The topological polar surface area (TPSA) is 64.6 Å². The summed E-state index contributed by atoms with van der Waals surface area (Å²) in [6.07, 6.45) is 3.51. The average molecular weight is 347 g/mol. The number of benzene rings is 1. The maximum atomic E-state index is 12.5. The monoisotopic (exact) mass is 347 g/mol. The molecule has 1 N–H and O–H groups in total. The number of hydrogen-bond donors (Lipinski definition) is 1. The molecule has 4 atom stereocenters. The van der Waals surface area contributed by atoms with Crippen molar-refractivity contribution in [3.05, 3.63) is 23.8 Å². The summed E-state index contributed by atoms with van der Waals surface area (Å²) in [6, 6.07) is 5.15. The molecule has 1 aromatic rings. The van der Waals surface area contributed by atoms with Gasteiger partial charge in [0.2, 0.25) is 0 Å². The summed E-state index contributed by atoms with van der Waals surface area (Å²) < 4.78 is 11.3. The fraction of sp³-hybridized carbons (Fsp3) is 0.600. The highest BCUT2D eigenvalue weighted by atomic mass is 16.5. The molecule has 0 bridgehead atoms. The lowest BCUT2D eigenvalue weighted by Crippen LogP contribution is -2.48. The van der Waals surface area contributed by atoms with Crippen molar-refractivity contribution < 1.29 is 19.1 Å². The SMILES string of the molecule is CCOc1cc(C=O)ccc1O[C@@H](C)C(=O)N[C@@H]1CCC[C@H](C)[C@@H]1C. The van der Waals surface area contributed by atoms with Crippen molar-refractivity contribution in [1.82, 2.24) is 5.32 Å². The number of nitrogens with one attached hydrogen (secondary N) is 1. The van der Waals surface area contributed by atoms with Crippen molar-refractivity contribution in [3.63, 3.8) is 0 Å². The Hall–Kier alpha value is -2.04. The molecule has 1 amide bonds. The van der Waals surface area contributed by atoms with E-state index in [1.807, 2.05) is 6.92 Å². The van der Waals surface area contributed by atoms with Gasteiger partial charge in [-0.05, 0) is 50.3 Å². The Kier molecular flexibility index (Phi) is 6.85. The van der Waals surface area contributed by atoms with Crippen LogP contribution in [0.25, 0.3) is 0 Å². The molecule has 1 fully saturated rings. The summed E-state index contributed by atoms with van der Waals surface area (Å²) in [6.45, 7) is 8.49. The molecule has 0 radical (unpaired) electrons. The molecule has 1 aromatic carbocycles. The van der Waals surface area contributed by atoms with E-state index in [2.05, 4.69) is 19.2 Å². The van der Waals surface area contributed by atoms with Gasteiger partial charge in [-0.2, -0.15) is 0 Å². The highest BCUT2D eigenvalue weighted by molar-refractivity contribution is 5.81. The Morgan fingerprint density at radius 2 is 2.08 bits per heavy atom. The zero-order chi connectivity index (χ0) is 18.4. The molecule has 25 heavy (non-hydrogen) atoms. The predicted molar refractivity (Wildman–Crippen MR) is 97.2 cm³/mol. The zero-order valence-electron chi connectivity index (χ0n) is 15.6. The van der Waals surface area contributed by atoms with Gasteiger partial charge in [-0.3, -0.25) is 9.59 Å². The van der Waals surface area contributed by atoms with Gasteiger partial charge in [0.15, 0.2) is 17.6 Å². The molecule has 0 spiro atoms. The van der Waals surface area contributed by atoms with Crippen LogP contribution in [0.3, 0.4) is 0 Å². The van der Waals surface area contributed by atoms with Gasteiger partial charge in [0.05, 0.1) is 6.61 Å². The van der Waals surface area contributed by atoms with Crippen molar-refractivity contribution >= 4 is 12.2 Å². The van der Waals surface area contributed by atoms with Crippen LogP contribution in [0.4, 0.5) is 0 Å². The van der Waals surface area contributed by atoms with Gasteiger partial charge in [0.25, 0.3) is 5.91 Å². The van der Waals surface area contributed by atoms with Crippen molar-refractivity contribution in [2.45, 2.75) is 59.1 Å². The minimum atomic E-state index is -0.634. The quantitative estimate of drug-likeness (QED) is 0.765. The van der Waals surface area contributed by atoms with Gasteiger partial charge in [-0.25, -0.2) is 0 Å². The number of amides is 1. The Balaban J connectivity index is 2.02. The van der Waals surface area contributed by atoms with Crippen LogP contribution in [0.2, 0.25) is 0 Å². The molecular weight excluding hydrogens is 318 g/mol. The van der Waals surface area contributed by atoms with Gasteiger partial charge in [0, 0.05) is 11.6 Å². The fourth-order valence-electron chi connectivity index (χ4n) is 3.29. The molecule has 0 aromatic heterocycles. The Bertz CT molecular complexity index is 601. The van der Waals surface area contributed by atoms with Crippen molar-refractivity contribution in [1.29, 1.82) is 0 Å². The van der Waals surface area contributed by atoms with E-state index in [1.54, 1.807) is 25.1 Å². The van der Waals surface area contributed by atoms with Crippen molar-refractivity contribution in [3.8, 4) is 11.5 Å². The number of ether oxygens (including phenoxy) is 2. The van der Waals surface area contributed by atoms with E-state index in [0.717, 1.165) is 19.1 Å². The maximum Gasteiger partial charge on any atom is 0.261 e. The molecular formula is C20H29NO4. The Morgan fingerprint density at radius 1 is 1.32 bits per heavy atom. The minimum absolute atomic E-state index is 0.118. The van der Waals surface area contributed by atoms with Crippen molar-refractivity contribution in [2.24, 2.45) is 11.8 Å². The van der Waals surface area contributed by atoms with Crippen molar-refractivity contribution in [2.75, 3.05) is 6.61 Å². The van der Waals surface area contributed by atoms with Crippen LogP contribution >= 0.6 is 0 Å². The third-order valence-electron chi connectivity index (χ3n) is 5.11. The van der Waals surface area contributed by atoms with Gasteiger partial charge in [0.1, 0.15) is 6.29 Å². The van der Waals surface area contributed by atoms with Crippen LogP contribution in [0.15, 0.2) is 18.2 Å². The van der Waals surface area contributed by atoms with Gasteiger partial charge >= 0.3 is 0 Å². The highest BCUT2D eigenvalue weighted by Gasteiger charge is 2.29. The molecule has 0 unspecified atom stereocenters. The first-order valence-electron chi connectivity index (χ1n) is 9.15. The number of carbonyl (C=O) groups is 2. The molecule has 1 aliphatic carbocycles. The normalized spacial score (nSPS) is 24.2. The number of hydrogen-bond acceptors (Lipinski definition) is 4. The van der Waals surface area contributed by atoms with Crippen LogP contribution in [-0.4, -0.2) is 30.9 Å². The Morgan fingerprint density at radius 3 is 2.76 bits per heavy atom. The molecule has 2 rings (SSSR count). The number of rotatable bonds is 7. The second-order valence-electron chi connectivity index (χ2n) is 6.90. The van der Waals surface area contributed by atoms with Crippen LogP contribution in [0, 0.1) is 11.8 Å². The summed E-state index contributed by atoms with van der Waals surface area (Å²) in [5.41, 5.74) is 0.512. The summed E-state index contributed by atoms with van der Waals surface area (Å²) in [5.74, 6) is 1.92. The molecule has 138 valence electrons. The maximum absolute atomic E-state index is 12.5. The second kappa shape index (κ2) is 8.88. The number of aldehydes is 1. The second-order valence-corrected chi connectivity index (χ2v) is 6.90. The van der Waals surface area contributed by atoms with Gasteiger partial charge in [-0.15, -0.1) is 0 Å². The molecule has 0 aliphatic heterocycles. The predicted octanol–water partition coefficient (Wildman–Crippen LogP) is 3.61. The van der Waals surface area contributed by atoms with Gasteiger partial charge < -0.3 is 14.8 Å². The lowest BCUT2D eigenvalue weighted by molar-refractivity contribution is -0.128. The largest absolute Gasteiger partial charge is 0.490 e. The molecule has 5 heteroatoms. The van der Waals surface area contributed by atoms with Gasteiger partial charge in [-0.1, -0.05) is 26.7 Å². The van der Waals surface area contributed by atoms with E-state index in [1.165, 1.54) is 6.42 Å². The summed E-state index contributed by atoms with van der Waals surface area (Å²) in [4.78, 5) is 23.4. The number of carbonyl (C=O) groups excluding carboxylic acids is 2. The van der Waals surface area contributed by atoms with E-state index in [0.29, 0.717) is 35.5 Å². The highest BCUT2D eigenvalue weighted by Crippen LogP contribution is 2.31. The molecule has 0 heterocycles. The summed E-state index contributed by atoms with van der Waals surface area (Å²) >= 11 is 0. The first kappa shape index (κ1) is 19.3. The first-order valence-corrected chi connectivity index (χ1v) is 9.15. The molecule has 1 saturated carbocycles.